The van der Waals surface area contributed by atoms with E-state index >= 15 is 0 Å². The minimum absolute atomic E-state index is 0.0311. The predicted molar refractivity (Wildman–Crippen MR) is 126 cm³/mol. The standard InChI is InChI=1S/C22H24BrN3O4S/c1-3-4-5-12-24-22(28)19-14-25-20-11-10-17(13-18(20)21(19)27)31(29,30)26(2)16-8-6-15(23)7-9-16/h6-11,13-14H,3-5,12H2,1-2H3,(H,24,28)(H,25,27). The third kappa shape index (κ3) is 4.99. The van der Waals surface area contributed by atoms with Crippen molar-refractivity contribution in [2.75, 3.05) is 17.9 Å². The average Bonchev–Trinajstić information content (AvgIpc) is 2.76. The molecular formula is C22H24BrN3O4S. The molecular weight excluding hydrogens is 482 g/mol. The monoisotopic (exact) mass is 505 g/mol. The van der Waals surface area contributed by atoms with Crippen molar-refractivity contribution >= 4 is 48.5 Å². The van der Waals surface area contributed by atoms with Gasteiger partial charge in [-0.15, -0.1) is 0 Å². The van der Waals surface area contributed by atoms with Gasteiger partial charge in [-0.25, -0.2) is 8.42 Å². The van der Waals surface area contributed by atoms with E-state index in [0.29, 0.717) is 17.7 Å². The Bertz CT molecular complexity index is 1250. The van der Waals surface area contributed by atoms with Crippen molar-refractivity contribution in [1.82, 2.24) is 10.3 Å². The molecule has 0 unspecified atom stereocenters. The number of H-pyrrole nitrogens is 1. The van der Waals surface area contributed by atoms with Gasteiger partial charge in [0.05, 0.1) is 10.6 Å². The highest BCUT2D eigenvalue weighted by Gasteiger charge is 2.23. The maximum atomic E-state index is 13.1. The number of fused-ring (bicyclic) bond motifs is 1. The Morgan fingerprint density at radius 3 is 2.52 bits per heavy atom. The number of hydrogen-bond donors (Lipinski definition) is 2. The number of halogens is 1. The molecule has 1 aromatic heterocycles. The minimum atomic E-state index is -3.90. The van der Waals surface area contributed by atoms with Crippen LogP contribution in [0.1, 0.15) is 36.5 Å². The molecule has 0 saturated carbocycles. The Morgan fingerprint density at radius 1 is 1.13 bits per heavy atom. The van der Waals surface area contributed by atoms with Crippen LogP contribution in [0, 0.1) is 0 Å². The van der Waals surface area contributed by atoms with Gasteiger partial charge in [-0.1, -0.05) is 35.7 Å². The highest BCUT2D eigenvalue weighted by Crippen LogP contribution is 2.25. The second kappa shape index (κ2) is 9.65. The maximum absolute atomic E-state index is 13.1. The molecule has 0 aliphatic rings. The van der Waals surface area contributed by atoms with E-state index in [1.54, 1.807) is 24.3 Å². The van der Waals surface area contributed by atoms with Gasteiger partial charge >= 0.3 is 0 Å². The molecule has 0 atom stereocenters. The number of carbonyl (C=O) groups excluding carboxylic acids is 1. The van der Waals surface area contributed by atoms with Crippen LogP contribution in [0.4, 0.5) is 5.69 Å². The molecule has 1 amide bonds. The fourth-order valence-electron chi connectivity index (χ4n) is 3.15. The Kier molecular flexibility index (Phi) is 7.17. The van der Waals surface area contributed by atoms with Gasteiger partial charge in [-0.2, -0.15) is 0 Å². The van der Waals surface area contributed by atoms with Crippen LogP contribution >= 0.6 is 15.9 Å². The molecule has 1 heterocycles. The number of nitrogens with zero attached hydrogens (tertiary/aromatic N) is 1. The van der Waals surface area contributed by atoms with Gasteiger partial charge in [-0.05, 0) is 48.9 Å². The van der Waals surface area contributed by atoms with E-state index in [9.17, 15) is 18.0 Å². The van der Waals surface area contributed by atoms with Gasteiger partial charge in [0.15, 0.2) is 0 Å². The number of rotatable bonds is 8. The van der Waals surface area contributed by atoms with Crippen molar-refractivity contribution in [3.05, 3.63) is 68.9 Å². The molecule has 9 heteroatoms. The van der Waals surface area contributed by atoms with Crippen molar-refractivity contribution in [2.45, 2.75) is 31.1 Å². The molecule has 3 aromatic rings. The lowest BCUT2D eigenvalue weighted by Crippen LogP contribution is -2.30. The summed E-state index contributed by atoms with van der Waals surface area (Å²) in [6.07, 6.45) is 4.21. The van der Waals surface area contributed by atoms with E-state index in [4.69, 9.17) is 0 Å². The van der Waals surface area contributed by atoms with Crippen LogP contribution in [0.5, 0.6) is 0 Å². The number of hydrogen-bond acceptors (Lipinski definition) is 4. The molecule has 3 rings (SSSR count). The van der Waals surface area contributed by atoms with E-state index < -0.39 is 21.4 Å². The van der Waals surface area contributed by atoms with Crippen molar-refractivity contribution < 1.29 is 13.2 Å². The highest BCUT2D eigenvalue weighted by molar-refractivity contribution is 9.10. The number of pyridine rings is 1. The summed E-state index contributed by atoms with van der Waals surface area (Å²) in [6, 6.07) is 11.1. The van der Waals surface area contributed by atoms with Crippen molar-refractivity contribution in [3.63, 3.8) is 0 Å². The largest absolute Gasteiger partial charge is 0.360 e. The Labute approximate surface area is 189 Å². The van der Waals surface area contributed by atoms with Crippen molar-refractivity contribution in [2.24, 2.45) is 0 Å². The molecule has 2 aromatic carbocycles. The molecule has 31 heavy (non-hydrogen) atoms. The first-order valence-corrected chi connectivity index (χ1v) is 12.2. The molecule has 0 bridgehead atoms. The molecule has 0 aliphatic heterocycles. The van der Waals surface area contributed by atoms with Gasteiger partial charge in [-0.3, -0.25) is 13.9 Å². The van der Waals surface area contributed by atoms with Gasteiger partial charge in [0, 0.05) is 35.2 Å². The average molecular weight is 506 g/mol. The normalized spacial score (nSPS) is 11.5. The quantitative estimate of drug-likeness (QED) is 0.451. The van der Waals surface area contributed by atoms with Gasteiger partial charge < -0.3 is 10.3 Å². The van der Waals surface area contributed by atoms with Crippen LogP contribution in [0.15, 0.2) is 62.8 Å². The van der Waals surface area contributed by atoms with Gasteiger partial charge in [0.2, 0.25) is 5.43 Å². The first-order valence-electron chi connectivity index (χ1n) is 9.94. The Hall–Kier alpha value is -2.65. The van der Waals surface area contributed by atoms with Crippen LogP contribution in [-0.2, 0) is 10.0 Å². The molecule has 7 nitrogen and oxygen atoms in total. The summed E-state index contributed by atoms with van der Waals surface area (Å²) in [4.78, 5) is 28.2. The lowest BCUT2D eigenvalue weighted by Gasteiger charge is -2.19. The van der Waals surface area contributed by atoms with Crippen LogP contribution < -0.4 is 15.1 Å². The summed E-state index contributed by atoms with van der Waals surface area (Å²) >= 11 is 3.33. The zero-order valence-electron chi connectivity index (χ0n) is 17.3. The fourth-order valence-corrected chi connectivity index (χ4v) is 4.63. The van der Waals surface area contributed by atoms with E-state index in [-0.39, 0.29) is 15.8 Å². The van der Waals surface area contributed by atoms with Crippen molar-refractivity contribution in [3.8, 4) is 0 Å². The Morgan fingerprint density at radius 2 is 1.84 bits per heavy atom. The fraction of sp³-hybridized carbons (Fsp3) is 0.273. The number of aromatic amines is 1. The molecule has 0 radical (unpaired) electrons. The number of unbranched alkanes of at least 4 members (excludes halogenated alkanes) is 2. The number of benzene rings is 2. The summed E-state index contributed by atoms with van der Waals surface area (Å²) in [7, 11) is -2.45. The van der Waals surface area contributed by atoms with Gasteiger partial charge in [0.25, 0.3) is 15.9 Å². The van der Waals surface area contributed by atoms with E-state index in [0.717, 1.165) is 28.0 Å². The first kappa shape index (κ1) is 23.0. The molecule has 0 saturated heterocycles. The Balaban J connectivity index is 1.95. The minimum Gasteiger partial charge on any atom is -0.360 e. The van der Waals surface area contributed by atoms with E-state index in [1.165, 1.54) is 31.4 Å². The third-order valence-electron chi connectivity index (χ3n) is 5.01. The number of amides is 1. The van der Waals surface area contributed by atoms with Crippen LogP contribution in [0.3, 0.4) is 0 Å². The van der Waals surface area contributed by atoms with Crippen molar-refractivity contribution in [1.29, 1.82) is 0 Å². The topological polar surface area (TPSA) is 99.3 Å². The zero-order chi connectivity index (χ0) is 22.6. The second-order valence-electron chi connectivity index (χ2n) is 7.15. The van der Waals surface area contributed by atoms with E-state index in [1.807, 2.05) is 0 Å². The summed E-state index contributed by atoms with van der Waals surface area (Å²) < 4.78 is 28.2. The predicted octanol–water partition coefficient (Wildman–Crippen LogP) is 4.04. The lowest BCUT2D eigenvalue weighted by atomic mass is 10.1. The third-order valence-corrected chi connectivity index (χ3v) is 7.32. The summed E-state index contributed by atoms with van der Waals surface area (Å²) in [5.74, 6) is -0.473. The number of sulfonamides is 1. The summed E-state index contributed by atoms with van der Waals surface area (Å²) in [6.45, 7) is 2.55. The smallest absolute Gasteiger partial charge is 0.264 e. The second-order valence-corrected chi connectivity index (χ2v) is 10.0. The molecule has 0 aliphatic carbocycles. The number of aromatic nitrogens is 1. The van der Waals surface area contributed by atoms with Crippen LogP contribution in [0.25, 0.3) is 10.9 Å². The van der Waals surface area contributed by atoms with Gasteiger partial charge in [0.1, 0.15) is 5.56 Å². The van der Waals surface area contributed by atoms with Crippen LogP contribution in [0.2, 0.25) is 0 Å². The lowest BCUT2D eigenvalue weighted by molar-refractivity contribution is 0.0951. The van der Waals surface area contributed by atoms with Crippen LogP contribution in [-0.4, -0.2) is 32.9 Å². The van der Waals surface area contributed by atoms with E-state index in [2.05, 4.69) is 33.2 Å². The highest BCUT2D eigenvalue weighted by atomic mass is 79.9. The summed E-state index contributed by atoms with van der Waals surface area (Å²) in [5.41, 5.74) is 0.389. The SMILES string of the molecule is CCCCCNC(=O)c1c[nH]c2ccc(S(=O)(=O)N(C)c3ccc(Br)cc3)cc2c1=O. The number of nitrogens with one attached hydrogen (secondary N) is 2. The molecule has 0 spiro atoms. The zero-order valence-corrected chi connectivity index (χ0v) is 19.7. The number of anilines is 1. The maximum Gasteiger partial charge on any atom is 0.264 e. The summed E-state index contributed by atoms with van der Waals surface area (Å²) in [5, 5.41) is 2.88. The molecule has 0 fully saturated rings. The molecule has 2 N–H and O–H groups in total. The number of carbonyl (C=O) groups is 1. The molecule has 164 valence electrons. The first-order chi connectivity index (χ1) is 14.8.